The monoisotopic (exact) mass is 461 g/mol. The molecule has 0 aliphatic carbocycles. The molecule has 3 aromatic heterocycles. The highest BCUT2D eigenvalue weighted by atomic mass is 16.5. The highest BCUT2D eigenvalue weighted by Crippen LogP contribution is 2.27. The number of amides is 1. The van der Waals surface area contributed by atoms with Crippen molar-refractivity contribution in [2.24, 2.45) is 14.1 Å². The van der Waals surface area contributed by atoms with E-state index in [-0.39, 0.29) is 12.0 Å². The topological polar surface area (TPSA) is 91.4 Å². The lowest BCUT2D eigenvalue weighted by molar-refractivity contribution is 0.0762. The van der Waals surface area contributed by atoms with Crippen LogP contribution in [0.4, 0.5) is 0 Å². The zero-order valence-electron chi connectivity index (χ0n) is 19.5. The lowest BCUT2D eigenvalue weighted by atomic mass is 10.2. The van der Waals surface area contributed by atoms with Gasteiger partial charge >= 0.3 is 5.69 Å². The number of carbonyl (C=O) groups excluding carboxylic acids is 1. The van der Waals surface area contributed by atoms with Gasteiger partial charge in [-0.15, -0.1) is 0 Å². The molecule has 34 heavy (non-hydrogen) atoms. The van der Waals surface area contributed by atoms with Crippen molar-refractivity contribution in [3.8, 4) is 5.75 Å². The van der Waals surface area contributed by atoms with Crippen molar-refractivity contribution < 1.29 is 9.53 Å². The molecule has 0 N–H and O–H groups in total. The maximum Gasteiger partial charge on any atom is 0.332 e. The largest absolute Gasteiger partial charge is 0.486 e. The number of benzene rings is 1. The van der Waals surface area contributed by atoms with Crippen LogP contribution in [0.5, 0.6) is 5.75 Å². The molecule has 1 fully saturated rings. The molecule has 0 spiro atoms. The number of likely N-dealkylation sites (tertiary alicyclic amines) is 1. The van der Waals surface area contributed by atoms with E-state index in [9.17, 15) is 14.4 Å². The van der Waals surface area contributed by atoms with E-state index >= 15 is 0 Å². The van der Waals surface area contributed by atoms with Crippen LogP contribution in [0.1, 0.15) is 30.3 Å². The number of hydrogen-bond donors (Lipinski definition) is 0. The second-order valence-electron chi connectivity index (χ2n) is 8.74. The Morgan fingerprint density at radius 2 is 1.94 bits per heavy atom. The molecule has 176 valence electrons. The average molecular weight is 462 g/mol. The molecule has 1 saturated heterocycles. The molecule has 1 aliphatic rings. The summed E-state index contributed by atoms with van der Waals surface area (Å²) >= 11 is 0. The van der Waals surface area contributed by atoms with Crippen LogP contribution in [0, 0.1) is 0 Å². The smallest absolute Gasteiger partial charge is 0.332 e. The fourth-order valence-electron chi connectivity index (χ4n) is 4.79. The molecular formula is C25H27N5O4. The highest BCUT2D eigenvalue weighted by molar-refractivity contribution is 5.98. The Morgan fingerprint density at radius 3 is 2.74 bits per heavy atom. The molecule has 1 aromatic carbocycles. The maximum absolute atomic E-state index is 13.6. The van der Waals surface area contributed by atoms with Gasteiger partial charge in [-0.2, -0.15) is 0 Å². The van der Waals surface area contributed by atoms with E-state index in [2.05, 4.69) is 4.98 Å². The Hall–Kier alpha value is -3.88. The van der Waals surface area contributed by atoms with Gasteiger partial charge in [0.2, 0.25) is 0 Å². The summed E-state index contributed by atoms with van der Waals surface area (Å²) in [4.78, 5) is 45.0. The summed E-state index contributed by atoms with van der Waals surface area (Å²) in [5, 5.41) is 1.37. The van der Waals surface area contributed by atoms with Crippen LogP contribution < -0.4 is 16.0 Å². The minimum absolute atomic E-state index is 0.155. The van der Waals surface area contributed by atoms with Gasteiger partial charge in [-0.3, -0.25) is 23.7 Å². The number of rotatable bonds is 5. The zero-order chi connectivity index (χ0) is 24.0. The number of aromatic nitrogens is 4. The first-order chi connectivity index (χ1) is 16.4. The SMILES string of the molecule is CCCn1c(C(=O)N2CCC(Oc3cccc4cccnc34)C2)cc2c(=O)n(C)c(=O)n(C)c21. The summed E-state index contributed by atoms with van der Waals surface area (Å²) < 4.78 is 10.6. The summed E-state index contributed by atoms with van der Waals surface area (Å²) in [5.74, 6) is 0.539. The van der Waals surface area contributed by atoms with Crippen LogP contribution in [-0.4, -0.2) is 48.7 Å². The summed E-state index contributed by atoms with van der Waals surface area (Å²) in [6.07, 6.45) is 3.04. The quantitative estimate of drug-likeness (QED) is 0.455. The molecule has 0 saturated carbocycles. The average Bonchev–Trinajstić information content (AvgIpc) is 3.47. The predicted octanol–water partition coefficient (Wildman–Crippen LogP) is 2.29. The Bertz CT molecular complexity index is 1530. The van der Waals surface area contributed by atoms with Gasteiger partial charge in [0, 0.05) is 45.2 Å². The second kappa shape index (κ2) is 8.48. The number of ether oxygens (including phenoxy) is 1. The molecule has 1 unspecified atom stereocenters. The fourth-order valence-corrected chi connectivity index (χ4v) is 4.79. The molecule has 1 aliphatic heterocycles. The summed E-state index contributed by atoms with van der Waals surface area (Å²) in [5.41, 5.74) is 0.891. The molecular weight excluding hydrogens is 434 g/mol. The van der Waals surface area contributed by atoms with Gasteiger partial charge in [0.05, 0.1) is 11.9 Å². The van der Waals surface area contributed by atoms with Crippen LogP contribution >= 0.6 is 0 Å². The second-order valence-corrected chi connectivity index (χ2v) is 8.74. The number of hydrogen-bond acceptors (Lipinski definition) is 5. The lowest BCUT2D eigenvalue weighted by Gasteiger charge is -2.19. The molecule has 9 nitrogen and oxygen atoms in total. The lowest BCUT2D eigenvalue weighted by Crippen LogP contribution is -2.37. The molecule has 0 radical (unpaired) electrons. The summed E-state index contributed by atoms with van der Waals surface area (Å²) in [6, 6.07) is 11.3. The van der Waals surface area contributed by atoms with E-state index in [1.54, 1.807) is 28.8 Å². The Morgan fingerprint density at radius 1 is 1.15 bits per heavy atom. The maximum atomic E-state index is 13.6. The van der Waals surface area contributed by atoms with E-state index in [1.807, 2.05) is 37.3 Å². The van der Waals surface area contributed by atoms with Gasteiger partial charge in [0.15, 0.2) is 0 Å². The van der Waals surface area contributed by atoms with Crippen LogP contribution in [0.15, 0.2) is 52.2 Å². The number of para-hydroxylation sites is 1. The van der Waals surface area contributed by atoms with Crippen molar-refractivity contribution in [3.05, 3.63) is 69.1 Å². The number of carbonyl (C=O) groups is 1. The van der Waals surface area contributed by atoms with E-state index in [1.165, 1.54) is 11.6 Å². The van der Waals surface area contributed by atoms with Gasteiger partial charge in [0.1, 0.15) is 28.7 Å². The van der Waals surface area contributed by atoms with Crippen molar-refractivity contribution in [1.82, 2.24) is 23.6 Å². The number of pyridine rings is 1. The van der Waals surface area contributed by atoms with E-state index in [0.717, 1.165) is 21.9 Å². The molecule has 4 heterocycles. The Balaban J connectivity index is 1.45. The number of fused-ring (bicyclic) bond motifs is 2. The van der Waals surface area contributed by atoms with E-state index < -0.39 is 11.2 Å². The third-order valence-corrected chi connectivity index (χ3v) is 6.48. The Labute approximate surface area is 195 Å². The van der Waals surface area contributed by atoms with Gasteiger partial charge in [0.25, 0.3) is 11.5 Å². The first-order valence-corrected chi connectivity index (χ1v) is 11.5. The normalized spacial score (nSPS) is 16.0. The van der Waals surface area contributed by atoms with Crippen molar-refractivity contribution in [2.45, 2.75) is 32.4 Å². The van der Waals surface area contributed by atoms with Crippen molar-refractivity contribution in [2.75, 3.05) is 13.1 Å². The van der Waals surface area contributed by atoms with Crippen molar-refractivity contribution in [3.63, 3.8) is 0 Å². The fraction of sp³-hybridized carbons (Fsp3) is 0.360. The number of aryl methyl sites for hydroxylation is 2. The van der Waals surface area contributed by atoms with Crippen LogP contribution in [0.2, 0.25) is 0 Å². The van der Waals surface area contributed by atoms with E-state index in [0.29, 0.717) is 48.5 Å². The highest BCUT2D eigenvalue weighted by Gasteiger charge is 2.31. The first kappa shape index (κ1) is 21.9. The summed E-state index contributed by atoms with van der Waals surface area (Å²) in [7, 11) is 3.08. The molecule has 1 amide bonds. The van der Waals surface area contributed by atoms with Gasteiger partial charge in [-0.25, -0.2) is 4.79 Å². The standard InChI is InChI=1S/C25H27N5O4/c1-4-12-30-19(14-18-22(30)27(2)25(33)28(3)23(18)31)24(32)29-13-10-17(15-29)34-20-9-5-7-16-8-6-11-26-21(16)20/h5-9,11,14,17H,4,10,12-13,15H2,1-3H3. The van der Waals surface area contributed by atoms with Crippen LogP contribution in [0.3, 0.4) is 0 Å². The predicted molar refractivity (Wildman–Crippen MR) is 129 cm³/mol. The Kier molecular flexibility index (Phi) is 5.47. The molecule has 5 rings (SSSR count). The minimum atomic E-state index is -0.412. The molecule has 4 aromatic rings. The van der Waals surface area contributed by atoms with E-state index in [4.69, 9.17) is 4.74 Å². The third-order valence-electron chi connectivity index (χ3n) is 6.48. The van der Waals surface area contributed by atoms with Crippen molar-refractivity contribution in [1.29, 1.82) is 0 Å². The van der Waals surface area contributed by atoms with Crippen LogP contribution in [0.25, 0.3) is 21.9 Å². The molecule has 0 bridgehead atoms. The third kappa shape index (κ3) is 3.48. The van der Waals surface area contributed by atoms with Crippen molar-refractivity contribution >= 4 is 27.8 Å². The minimum Gasteiger partial charge on any atom is -0.486 e. The number of nitrogens with zero attached hydrogens (tertiary/aromatic N) is 5. The summed E-state index contributed by atoms with van der Waals surface area (Å²) in [6.45, 7) is 3.51. The zero-order valence-corrected chi connectivity index (χ0v) is 19.5. The molecule has 9 heteroatoms. The first-order valence-electron chi connectivity index (χ1n) is 11.5. The van der Waals surface area contributed by atoms with Gasteiger partial charge in [-0.05, 0) is 24.6 Å². The molecule has 1 atom stereocenters. The van der Waals surface area contributed by atoms with Gasteiger partial charge < -0.3 is 14.2 Å². The van der Waals surface area contributed by atoms with Crippen LogP contribution in [-0.2, 0) is 20.6 Å². The van der Waals surface area contributed by atoms with Gasteiger partial charge in [-0.1, -0.05) is 25.1 Å².